The second-order valence-electron chi connectivity index (χ2n) is 4.36. The van der Waals surface area contributed by atoms with Crippen LogP contribution in [0.4, 0.5) is 0 Å². The highest BCUT2D eigenvalue weighted by Crippen LogP contribution is 2.23. The fourth-order valence-electron chi connectivity index (χ4n) is 1.99. The molecule has 0 aliphatic heterocycles. The van der Waals surface area contributed by atoms with E-state index in [1.807, 2.05) is 31.2 Å². The Balaban J connectivity index is 2.09. The van der Waals surface area contributed by atoms with Crippen LogP contribution in [0.5, 0.6) is 0 Å². The number of aromatic carboxylic acids is 1. The van der Waals surface area contributed by atoms with Crippen LogP contribution in [0.1, 0.15) is 16.2 Å². The van der Waals surface area contributed by atoms with Crippen molar-refractivity contribution in [3.05, 3.63) is 47.9 Å². The van der Waals surface area contributed by atoms with E-state index in [1.165, 1.54) is 6.07 Å². The number of hydrogen-bond acceptors (Lipinski definition) is 3. The monoisotopic (exact) mass is 253 g/mol. The first-order valence-corrected chi connectivity index (χ1v) is 5.79. The number of hydrogen-bond donors (Lipinski definition) is 2. The molecule has 2 N–H and O–H groups in total. The quantitative estimate of drug-likeness (QED) is 0.735. The van der Waals surface area contributed by atoms with Crippen molar-refractivity contribution in [2.45, 2.75) is 6.92 Å². The third-order valence-corrected chi connectivity index (χ3v) is 2.96. The molecular weight excluding hydrogens is 242 g/mol. The minimum Gasteiger partial charge on any atom is -0.477 e. The average Bonchev–Trinajstić information content (AvgIpc) is 2.88. The van der Waals surface area contributed by atoms with Gasteiger partial charge in [0.2, 0.25) is 0 Å². The summed E-state index contributed by atoms with van der Waals surface area (Å²) in [5.41, 5.74) is 2.52. The third-order valence-electron chi connectivity index (χ3n) is 2.96. The maximum absolute atomic E-state index is 10.8. The van der Waals surface area contributed by atoms with Crippen molar-refractivity contribution in [2.24, 2.45) is 0 Å². The first-order chi connectivity index (χ1) is 9.13. The number of benzene rings is 1. The number of H-pyrrole nitrogens is 1. The molecule has 3 aromatic rings. The molecule has 0 fully saturated rings. The molecule has 0 spiro atoms. The van der Waals surface area contributed by atoms with Gasteiger partial charge in [-0.3, -0.25) is 10.1 Å². The molecular formula is C14H11N3O2. The molecule has 5 heteroatoms. The van der Waals surface area contributed by atoms with E-state index < -0.39 is 5.97 Å². The second-order valence-corrected chi connectivity index (χ2v) is 4.36. The lowest BCUT2D eigenvalue weighted by molar-refractivity contribution is 0.0690. The lowest BCUT2D eigenvalue weighted by Gasteiger charge is -2.01. The summed E-state index contributed by atoms with van der Waals surface area (Å²) in [4.78, 5) is 15.1. The molecule has 0 aliphatic rings. The van der Waals surface area contributed by atoms with Crippen molar-refractivity contribution in [3.8, 4) is 11.3 Å². The summed E-state index contributed by atoms with van der Waals surface area (Å²) in [7, 11) is 0. The predicted octanol–water partition coefficient (Wildman–Crippen LogP) is 2.63. The molecule has 0 bridgehead atoms. The van der Waals surface area contributed by atoms with Crippen LogP contribution in [0.25, 0.3) is 22.0 Å². The Morgan fingerprint density at radius 2 is 2.05 bits per heavy atom. The molecule has 0 saturated carbocycles. The van der Waals surface area contributed by atoms with E-state index in [4.69, 9.17) is 5.11 Å². The fourth-order valence-corrected chi connectivity index (χ4v) is 1.99. The molecule has 2 heterocycles. The van der Waals surface area contributed by atoms with Gasteiger partial charge in [-0.25, -0.2) is 4.79 Å². The van der Waals surface area contributed by atoms with Crippen LogP contribution >= 0.6 is 0 Å². The number of pyridine rings is 1. The van der Waals surface area contributed by atoms with Crippen molar-refractivity contribution in [3.63, 3.8) is 0 Å². The number of nitrogens with one attached hydrogen (secondary N) is 1. The van der Waals surface area contributed by atoms with Gasteiger partial charge in [-0.05, 0) is 30.5 Å². The van der Waals surface area contributed by atoms with E-state index >= 15 is 0 Å². The minimum atomic E-state index is -1.02. The van der Waals surface area contributed by atoms with E-state index in [2.05, 4.69) is 15.2 Å². The van der Waals surface area contributed by atoms with Gasteiger partial charge in [0, 0.05) is 22.8 Å². The van der Waals surface area contributed by atoms with Crippen LogP contribution < -0.4 is 0 Å². The van der Waals surface area contributed by atoms with Gasteiger partial charge in [0.1, 0.15) is 5.69 Å². The summed E-state index contributed by atoms with van der Waals surface area (Å²) in [5, 5.41) is 17.5. The number of fused-ring (bicyclic) bond motifs is 1. The van der Waals surface area contributed by atoms with Gasteiger partial charge in [-0.15, -0.1) is 0 Å². The smallest absolute Gasteiger partial charge is 0.353 e. The zero-order valence-corrected chi connectivity index (χ0v) is 10.2. The summed E-state index contributed by atoms with van der Waals surface area (Å²) >= 11 is 0. The van der Waals surface area contributed by atoms with E-state index in [0.29, 0.717) is 5.69 Å². The first-order valence-electron chi connectivity index (χ1n) is 5.79. The highest BCUT2D eigenvalue weighted by Gasteiger charge is 2.09. The van der Waals surface area contributed by atoms with E-state index in [-0.39, 0.29) is 5.69 Å². The van der Waals surface area contributed by atoms with E-state index in [1.54, 1.807) is 6.20 Å². The predicted molar refractivity (Wildman–Crippen MR) is 71.0 cm³/mol. The number of aryl methyl sites for hydroxylation is 1. The molecule has 0 amide bonds. The van der Waals surface area contributed by atoms with Crippen LogP contribution in [0.3, 0.4) is 0 Å². The number of rotatable bonds is 2. The lowest BCUT2D eigenvalue weighted by atomic mass is 10.1. The number of aromatic amines is 1. The zero-order valence-electron chi connectivity index (χ0n) is 10.2. The molecule has 94 valence electrons. The number of aromatic nitrogens is 3. The highest BCUT2D eigenvalue weighted by molar-refractivity contribution is 5.89. The highest BCUT2D eigenvalue weighted by atomic mass is 16.4. The minimum absolute atomic E-state index is 0.0807. The Kier molecular flexibility index (Phi) is 2.52. The van der Waals surface area contributed by atoms with Gasteiger partial charge in [0.25, 0.3) is 0 Å². The molecule has 0 atom stereocenters. The molecule has 3 rings (SSSR count). The zero-order chi connectivity index (χ0) is 13.4. The van der Waals surface area contributed by atoms with Crippen LogP contribution in [-0.2, 0) is 0 Å². The van der Waals surface area contributed by atoms with Gasteiger partial charge in [-0.2, -0.15) is 5.10 Å². The van der Waals surface area contributed by atoms with Gasteiger partial charge >= 0.3 is 5.97 Å². The summed E-state index contributed by atoms with van der Waals surface area (Å²) in [5.74, 6) is -1.02. The van der Waals surface area contributed by atoms with Crippen LogP contribution in [0.15, 0.2) is 36.5 Å². The standard InChI is InChI=1S/C14H11N3O2/c1-8-4-9-2-3-10(5-11(9)7-15-8)12-6-13(14(18)19)17-16-12/h2-7H,1H3,(H,16,17)(H,18,19). The van der Waals surface area contributed by atoms with Crippen molar-refractivity contribution in [1.29, 1.82) is 0 Å². The molecule has 0 saturated heterocycles. The molecule has 19 heavy (non-hydrogen) atoms. The molecule has 0 aliphatic carbocycles. The van der Waals surface area contributed by atoms with Gasteiger partial charge in [0.05, 0.1) is 5.69 Å². The molecule has 1 aromatic carbocycles. The number of nitrogens with zero attached hydrogens (tertiary/aromatic N) is 2. The summed E-state index contributed by atoms with van der Waals surface area (Å²) in [6.45, 7) is 1.94. The molecule has 0 radical (unpaired) electrons. The number of carbonyl (C=O) groups is 1. The van der Waals surface area contributed by atoms with Gasteiger partial charge in [-0.1, -0.05) is 12.1 Å². The first kappa shape index (κ1) is 11.4. The van der Waals surface area contributed by atoms with Crippen LogP contribution in [-0.4, -0.2) is 26.3 Å². The van der Waals surface area contributed by atoms with Crippen molar-refractivity contribution in [2.75, 3.05) is 0 Å². The van der Waals surface area contributed by atoms with Crippen LogP contribution in [0.2, 0.25) is 0 Å². The largest absolute Gasteiger partial charge is 0.477 e. The van der Waals surface area contributed by atoms with Crippen molar-refractivity contribution < 1.29 is 9.90 Å². The molecule has 2 aromatic heterocycles. The maximum atomic E-state index is 10.8. The Labute approximate surface area is 108 Å². The van der Waals surface area contributed by atoms with Gasteiger partial charge < -0.3 is 5.11 Å². The summed E-state index contributed by atoms with van der Waals surface area (Å²) in [6.07, 6.45) is 1.80. The SMILES string of the molecule is Cc1cc2ccc(-c3cc(C(=O)O)[nH]n3)cc2cn1. The van der Waals surface area contributed by atoms with E-state index in [0.717, 1.165) is 22.0 Å². The number of carboxylic acids is 1. The fraction of sp³-hybridized carbons (Fsp3) is 0.0714. The van der Waals surface area contributed by atoms with Gasteiger partial charge in [0.15, 0.2) is 0 Å². The Hall–Kier alpha value is -2.69. The molecule has 0 unspecified atom stereocenters. The summed E-state index contributed by atoms with van der Waals surface area (Å²) in [6, 6.07) is 9.37. The van der Waals surface area contributed by atoms with Crippen molar-refractivity contribution in [1.82, 2.24) is 15.2 Å². The Bertz CT molecular complexity index is 777. The molecule has 5 nitrogen and oxygen atoms in total. The Morgan fingerprint density at radius 1 is 1.21 bits per heavy atom. The topological polar surface area (TPSA) is 78.9 Å². The maximum Gasteiger partial charge on any atom is 0.353 e. The summed E-state index contributed by atoms with van der Waals surface area (Å²) < 4.78 is 0. The normalized spacial score (nSPS) is 10.8. The second kappa shape index (κ2) is 4.20. The van der Waals surface area contributed by atoms with Crippen LogP contribution in [0, 0.1) is 6.92 Å². The van der Waals surface area contributed by atoms with E-state index in [9.17, 15) is 4.79 Å². The Morgan fingerprint density at radius 3 is 2.79 bits per heavy atom. The lowest BCUT2D eigenvalue weighted by Crippen LogP contribution is -1.95. The number of carboxylic acid groups (broad SMARTS) is 1. The average molecular weight is 253 g/mol. The van der Waals surface area contributed by atoms with Crippen molar-refractivity contribution >= 4 is 16.7 Å². The third kappa shape index (κ3) is 2.06.